The molecule has 0 amide bonds. The number of benzene rings is 7. The van der Waals surface area contributed by atoms with Crippen LogP contribution in [0.1, 0.15) is 0 Å². The quantitative estimate of drug-likeness (QED) is 0.187. The number of hydrogen-bond acceptors (Lipinski definition) is 3. The van der Waals surface area contributed by atoms with Crippen molar-refractivity contribution in [2.75, 3.05) is 0 Å². The van der Waals surface area contributed by atoms with Crippen LogP contribution in [0.3, 0.4) is 0 Å². The normalized spacial score (nSPS) is 11.9. The first-order valence-electron chi connectivity index (χ1n) is 17.2. The summed E-state index contributed by atoms with van der Waals surface area (Å²) in [6.45, 7) is 0. The Morgan fingerprint density at radius 2 is 1.04 bits per heavy atom. The van der Waals surface area contributed by atoms with Crippen LogP contribution >= 0.6 is 11.3 Å². The Hall–Kier alpha value is -6.56. The molecule has 11 rings (SSSR count). The van der Waals surface area contributed by atoms with Gasteiger partial charge < -0.3 is 9.13 Å². The molecule has 7 aromatic carbocycles. The predicted octanol–water partition coefficient (Wildman–Crippen LogP) is 12.4. The fraction of sp³-hybridized carbons (Fsp3) is 0. The zero-order chi connectivity index (χ0) is 33.5. The van der Waals surface area contributed by atoms with Crippen LogP contribution in [0, 0.1) is 0 Å². The predicted molar refractivity (Wildman–Crippen MR) is 214 cm³/mol. The van der Waals surface area contributed by atoms with Crippen LogP contribution in [0.25, 0.3) is 97.8 Å². The van der Waals surface area contributed by atoms with Gasteiger partial charge in [-0.3, -0.25) is 0 Å². The van der Waals surface area contributed by atoms with E-state index in [0.29, 0.717) is 0 Å². The number of rotatable bonds is 4. The molecule has 0 N–H and O–H groups in total. The monoisotopic (exact) mass is 668 g/mol. The molecule has 0 radical (unpaired) electrons. The van der Waals surface area contributed by atoms with Crippen molar-refractivity contribution in [3.63, 3.8) is 0 Å². The Balaban J connectivity index is 1.10. The second-order valence-electron chi connectivity index (χ2n) is 13.0. The van der Waals surface area contributed by atoms with E-state index in [2.05, 4.69) is 173 Å². The SMILES string of the molecule is c1ccc(-c2cccc3c4ccccc4n(-c4ccc5sc6cnc(-c7cccc(-n8c9ccccc9c9ccccc98)c7)nc6c5c4)c23)cc1. The van der Waals surface area contributed by atoms with Gasteiger partial charge in [-0.05, 0) is 54.1 Å². The van der Waals surface area contributed by atoms with Crippen molar-refractivity contribution in [2.24, 2.45) is 0 Å². The molecular weight excluding hydrogens is 641 g/mol. The van der Waals surface area contributed by atoms with Crippen molar-refractivity contribution in [2.45, 2.75) is 0 Å². The number of aromatic nitrogens is 4. The maximum atomic E-state index is 5.27. The van der Waals surface area contributed by atoms with Gasteiger partial charge in [-0.25, -0.2) is 9.97 Å². The van der Waals surface area contributed by atoms with E-state index in [1.807, 2.05) is 6.20 Å². The Morgan fingerprint density at radius 1 is 0.431 bits per heavy atom. The molecule has 238 valence electrons. The summed E-state index contributed by atoms with van der Waals surface area (Å²) in [5, 5.41) is 6.12. The third kappa shape index (κ3) is 4.25. The molecule has 0 aliphatic carbocycles. The van der Waals surface area contributed by atoms with Crippen molar-refractivity contribution < 1.29 is 0 Å². The zero-order valence-corrected chi connectivity index (χ0v) is 28.2. The number of thiophene rings is 1. The molecule has 0 fully saturated rings. The maximum absolute atomic E-state index is 5.27. The Morgan fingerprint density at radius 3 is 1.80 bits per heavy atom. The second-order valence-corrected chi connectivity index (χ2v) is 14.1. The lowest BCUT2D eigenvalue weighted by molar-refractivity contribution is 1.17. The Kier molecular flexibility index (Phi) is 6.09. The smallest absolute Gasteiger partial charge is 0.159 e. The molecule has 51 heavy (non-hydrogen) atoms. The highest BCUT2D eigenvalue weighted by molar-refractivity contribution is 7.25. The fourth-order valence-corrected chi connectivity index (χ4v) is 8.95. The van der Waals surface area contributed by atoms with E-state index in [-0.39, 0.29) is 0 Å². The molecule has 11 aromatic rings. The van der Waals surface area contributed by atoms with Crippen LogP contribution in [0.2, 0.25) is 0 Å². The first-order valence-corrected chi connectivity index (χ1v) is 18.0. The summed E-state index contributed by atoms with van der Waals surface area (Å²) in [5.41, 5.74) is 11.4. The number of nitrogens with zero attached hydrogens (tertiary/aromatic N) is 4. The van der Waals surface area contributed by atoms with Crippen molar-refractivity contribution in [1.82, 2.24) is 19.1 Å². The van der Waals surface area contributed by atoms with Gasteiger partial charge in [0.1, 0.15) is 0 Å². The standard InChI is InChI=1S/C46H28N4S/c1-2-12-29(13-3-1)33-19-11-20-37-36-18-6-9-23-41(36)50(45(33)37)32-24-25-42-38(27-32)44-43(51-42)28-47-46(48-44)30-14-10-15-31(26-30)49-39-21-7-4-16-34(39)35-17-5-8-22-40(35)49/h1-28H. The summed E-state index contributed by atoms with van der Waals surface area (Å²) in [4.78, 5) is 10.2. The average Bonchev–Trinajstić information content (AvgIpc) is 3.85. The lowest BCUT2D eigenvalue weighted by Crippen LogP contribution is -1.96. The van der Waals surface area contributed by atoms with Gasteiger partial charge in [-0.2, -0.15) is 0 Å². The molecular formula is C46H28N4S. The van der Waals surface area contributed by atoms with E-state index < -0.39 is 0 Å². The summed E-state index contributed by atoms with van der Waals surface area (Å²) in [6, 6.07) is 58.7. The van der Waals surface area contributed by atoms with Crippen molar-refractivity contribution in [3.05, 3.63) is 170 Å². The Labute approximate surface area is 297 Å². The van der Waals surface area contributed by atoms with Gasteiger partial charge >= 0.3 is 0 Å². The van der Waals surface area contributed by atoms with Crippen LogP contribution in [0.15, 0.2) is 170 Å². The summed E-state index contributed by atoms with van der Waals surface area (Å²) in [7, 11) is 0. The van der Waals surface area contributed by atoms with Crippen LogP contribution in [-0.2, 0) is 0 Å². The minimum atomic E-state index is 0.721. The Bertz CT molecular complexity index is 3090. The van der Waals surface area contributed by atoms with Gasteiger partial charge in [-0.1, -0.05) is 115 Å². The second kappa shape index (κ2) is 11.0. The summed E-state index contributed by atoms with van der Waals surface area (Å²) < 4.78 is 7.04. The van der Waals surface area contributed by atoms with Crippen molar-refractivity contribution in [1.29, 1.82) is 0 Å². The molecule has 0 saturated heterocycles. The lowest BCUT2D eigenvalue weighted by atomic mass is 10.0. The molecule has 0 spiro atoms. The molecule has 0 aliphatic rings. The third-order valence-electron chi connectivity index (χ3n) is 10.2. The van der Waals surface area contributed by atoms with Crippen LogP contribution in [0.5, 0.6) is 0 Å². The van der Waals surface area contributed by atoms with Gasteiger partial charge in [-0.15, -0.1) is 11.3 Å². The van der Waals surface area contributed by atoms with Gasteiger partial charge in [0.25, 0.3) is 0 Å². The molecule has 4 nitrogen and oxygen atoms in total. The topological polar surface area (TPSA) is 35.6 Å². The first kappa shape index (κ1) is 28.3. The van der Waals surface area contributed by atoms with E-state index >= 15 is 0 Å². The average molecular weight is 669 g/mol. The summed E-state index contributed by atoms with van der Waals surface area (Å²) in [5.74, 6) is 0.721. The van der Waals surface area contributed by atoms with E-state index in [1.165, 1.54) is 59.4 Å². The summed E-state index contributed by atoms with van der Waals surface area (Å²) >= 11 is 1.74. The fourth-order valence-electron chi connectivity index (χ4n) is 7.95. The molecule has 0 saturated carbocycles. The first-order chi connectivity index (χ1) is 25.3. The molecule has 5 heteroatoms. The van der Waals surface area contributed by atoms with Crippen molar-refractivity contribution in [3.8, 4) is 33.9 Å². The molecule has 0 atom stereocenters. The van der Waals surface area contributed by atoms with E-state index in [9.17, 15) is 0 Å². The van der Waals surface area contributed by atoms with E-state index in [4.69, 9.17) is 9.97 Å². The highest BCUT2D eigenvalue weighted by atomic mass is 32.1. The molecule has 4 aromatic heterocycles. The molecule has 0 aliphatic heterocycles. The van der Waals surface area contributed by atoms with Crippen LogP contribution < -0.4 is 0 Å². The third-order valence-corrected chi connectivity index (χ3v) is 11.3. The van der Waals surface area contributed by atoms with E-state index in [0.717, 1.165) is 38.4 Å². The molecule has 0 unspecified atom stereocenters. The minimum Gasteiger partial charge on any atom is -0.309 e. The minimum absolute atomic E-state index is 0.721. The molecule has 0 bridgehead atoms. The largest absolute Gasteiger partial charge is 0.309 e. The van der Waals surface area contributed by atoms with Gasteiger partial charge in [0.2, 0.25) is 0 Å². The van der Waals surface area contributed by atoms with Gasteiger partial charge in [0, 0.05) is 60.3 Å². The highest BCUT2D eigenvalue weighted by Gasteiger charge is 2.18. The maximum Gasteiger partial charge on any atom is 0.159 e. The number of fused-ring (bicyclic) bond motifs is 9. The van der Waals surface area contributed by atoms with Crippen LogP contribution in [0.4, 0.5) is 0 Å². The zero-order valence-electron chi connectivity index (χ0n) is 27.4. The highest BCUT2D eigenvalue weighted by Crippen LogP contribution is 2.41. The number of para-hydroxylation sites is 4. The van der Waals surface area contributed by atoms with Gasteiger partial charge in [0.15, 0.2) is 5.82 Å². The van der Waals surface area contributed by atoms with E-state index in [1.54, 1.807) is 11.3 Å². The summed E-state index contributed by atoms with van der Waals surface area (Å²) in [6.07, 6.45) is 1.99. The lowest BCUT2D eigenvalue weighted by Gasteiger charge is -2.12. The molecule has 4 heterocycles. The van der Waals surface area contributed by atoms with Crippen molar-refractivity contribution >= 4 is 75.3 Å². The van der Waals surface area contributed by atoms with Gasteiger partial charge in [0.05, 0.1) is 32.3 Å². The number of hydrogen-bond donors (Lipinski definition) is 0. The van der Waals surface area contributed by atoms with Crippen LogP contribution in [-0.4, -0.2) is 19.1 Å².